The van der Waals surface area contributed by atoms with Gasteiger partial charge in [-0.25, -0.2) is 4.39 Å². The molecule has 0 aliphatic rings. The highest BCUT2D eigenvalue weighted by Crippen LogP contribution is 2.24. The SMILES string of the molecule is CN=C(NCc1cc(Cl)c(Cl)n1C)NCC(Cc1ccc(F)cc1)C(N)=O.I. The molecule has 6 nitrogen and oxygen atoms in total. The molecule has 1 amide bonds. The number of nitrogens with zero attached hydrogens (tertiary/aromatic N) is 2. The molecule has 0 saturated carbocycles. The van der Waals surface area contributed by atoms with Gasteiger partial charge in [0, 0.05) is 26.3 Å². The molecule has 0 aliphatic heterocycles. The summed E-state index contributed by atoms with van der Waals surface area (Å²) in [6, 6.07) is 7.77. The maximum atomic E-state index is 13.0. The molecule has 0 spiro atoms. The van der Waals surface area contributed by atoms with Crippen LogP contribution in [0.25, 0.3) is 0 Å². The van der Waals surface area contributed by atoms with Crippen molar-refractivity contribution in [1.82, 2.24) is 15.2 Å². The average molecular weight is 542 g/mol. The van der Waals surface area contributed by atoms with Gasteiger partial charge in [0.05, 0.1) is 17.5 Å². The molecule has 0 radical (unpaired) electrons. The van der Waals surface area contributed by atoms with Crippen molar-refractivity contribution in [1.29, 1.82) is 0 Å². The number of hydrogen-bond donors (Lipinski definition) is 3. The zero-order valence-corrected chi connectivity index (χ0v) is 19.3. The van der Waals surface area contributed by atoms with E-state index in [2.05, 4.69) is 15.6 Å². The van der Waals surface area contributed by atoms with Gasteiger partial charge in [-0.1, -0.05) is 35.3 Å². The van der Waals surface area contributed by atoms with Gasteiger partial charge in [-0.2, -0.15) is 0 Å². The number of halogens is 4. The van der Waals surface area contributed by atoms with E-state index >= 15 is 0 Å². The normalized spacial score (nSPS) is 12.2. The number of carbonyl (C=O) groups excluding carboxylic acids is 1. The summed E-state index contributed by atoms with van der Waals surface area (Å²) in [6.07, 6.45) is 0.405. The van der Waals surface area contributed by atoms with E-state index in [1.54, 1.807) is 29.8 Å². The van der Waals surface area contributed by atoms with Crippen molar-refractivity contribution in [3.8, 4) is 0 Å². The molecule has 154 valence electrons. The summed E-state index contributed by atoms with van der Waals surface area (Å²) in [6.45, 7) is 0.739. The second-order valence-electron chi connectivity index (χ2n) is 6.07. The average Bonchev–Trinajstić information content (AvgIpc) is 2.89. The maximum Gasteiger partial charge on any atom is 0.222 e. The highest BCUT2D eigenvalue weighted by molar-refractivity contribution is 14.0. The van der Waals surface area contributed by atoms with Gasteiger partial charge in [-0.3, -0.25) is 9.79 Å². The highest BCUT2D eigenvalue weighted by Gasteiger charge is 2.17. The second-order valence-corrected chi connectivity index (χ2v) is 6.84. The summed E-state index contributed by atoms with van der Waals surface area (Å²) in [5.41, 5.74) is 7.21. The van der Waals surface area contributed by atoms with Crippen molar-refractivity contribution >= 4 is 59.0 Å². The van der Waals surface area contributed by atoms with Gasteiger partial charge in [-0.05, 0) is 30.2 Å². The summed E-state index contributed by atoms with van der Waals surface area (Å²) >= 11 is 12.1. The molecule has 1 atom stereocenters. The smallest absolute Gasteiger partial charge is 0.222 e. The summed E-state index contributed by atoms with van der Waals surface area (Å²) < 4.78 is 14.8. The van der Waals surface area contributed by atoms with Crippen LogP contribution in [-0.4, -0.2) is 30.0 Å². The Balaban J connectivity index is 0.00000392. The van der Waals surface area contributed by atoms with Crippen molar-refractivity contribution < 1.29 is 9.18 Å². The van der Waals surface area contributed by atoms with Gasteiger partial charge >= 0.3 is 0 Å². The first kappa shape index (κ1) is 24.5. The molecule has 4 N–H and O–H groups in total. The summed E-state index contributed by atoms with van der Waals surface area (Å²) in [7, 11) is 3.44. The third-order valence-corrected chi connectivity index (χ3v) is 5.03. The molecule has 1 aromatic heterocycles. The van der Waals surface area contributed by atoms with Crippen LogP contribution in [0.3, 0.4) is 0 Å². The summed E-state index contributed by atoms with van der Waals surface area (Å²) in [5, 5.41) is 7.16. The Morgan fingerprint density at radius 2 is 1.93 bits per heavy atom. The van der Waals surface area contributed by atoms with Crippen molar-refractivity contribution in [2.75, 3.05) is 13.6 Å². The lowest BCUT2D eigenvalue weighted by Gasteiger charge is -2.17. The topological polar surface area (TPSA) is 84.4 Å². The number of hydrogen-bond acceptors (Lipinski definition) is 2. The third kappa shape index (κ3) is 6.82. The molecule has 1 heterocycles. The predicted molar refractivity (Wildman–Crippen MR) is 122 cm³/mol. The minimum atomic E-state index is -0.465. The fraction of sp³-hybridized carbons (Fsp3) is 0.333. The maximum absolute atomic E-state index is 13.0. The number of primary amides is 1. The Kier molecular flexibility index (Phi) is 10.0. The Labute approximate surface area is 190 Å². The number of aromatic nitrogens is 1. The number of amides is 1. The number of nitrogens with two attached hydrogens (primary N) is 1. The molecule has 0 saturated heterocycles. The van der Waals surface area contributed by atoms with Crippen molar-refractivity contribution in [2.24, 2.45) is 23.7 Å². The van der Waals surface area contributed by atoms with E-state index in [1.807, 2.05) is 7.05 Å². The predicted octanol–water partition coefficient (Wildman–Crippen LogP) is 3.10. The van der Waals surface area contributed by atoms with Crippen molar-refractivity contribution in [2.45, 2.75) is 13.0 Å². The molecule has 2 rings (SSSR count). The molecule has 1 unspecified atom stereocenters. The van der Waals surface area contributed by atoms with Gasteiger partial charge in [-0.15, -0.1) is 24.0 Å². The van der Waals surface area contributed by atoms with Crippen LogP contribution in [0.5, 0.6) is 0 Å². The van der Waals surface area contributed by atoms with Gasteiger partial charge in [0.1, 0.15) is 11.0 Å². The van der Waals surface area contributed by atoms with Gasteiger partial charge in [0.25, 0.3) is 0 Å². The first-order valence-corrected chi connectivity index (χ1v) is 9.05. The Morgan fingerprint density at radius 3 is 2.43 bits per heavy atom. The van der Waals surface area contributed by atoms with Crippen molar-refractivity contribution in [3.05, 3.63) is 57.6 Å². The number of nitrogens with one attached hydrogen (secondary N) is 2. The van der Waals surface area contributed by atoms with Crippen molar-refractivity contribution in [3.63, 3.8) is 0 Å². The van der Waals surface area contributed by atoms with Crippen LogP contribution >= 0.6 is 47.2 Å². The Bertz CT molecular complexity index is 826. The zero-order chi connectivity index (χ0) is 20.0. The van der Waals surface area contributed by atoms with E-state index in [0.29, 0.717) is 35.6 Å². The van der Waals surface area contributed by atoms with Crippen LogP contribution in [0.15, 0.2) is 35.3 Å². The molecule has 28 heavy (non-hydrogen) atoms. The molecule has 0 bridgehead atoms. The number of benzene rings is 1. The number of aliphatic imine (C=N–C) groups is 1. The minimum Gasteiger partial charge on any atom is -0.369 e. The number of carbonyl (C=O) groups is 1. The zero-order valence-electron chi connectivity index (χ0n) is 15.5. The fourth-order valence-electron chi connectivity index (χ4n) is 2.55. The first-order valence-electron chi connectivity index (χ1n) is 8.29. The molecular weight excluding hydrogens is 519 g/mol. The number of rotatable bonds is 7. The van der Waals surface area contributed by atoms with E-state index in [4.69, 9.17) is 28.9 Å². The highest BCUT2D eigenvalue weighted by atomic mass is 127. The molecule has 2 aromatic rings. The standard InChI is InChI=1S/C18H22Cl2FN5O.HI/c1-23-18(25-10-14-8-15(19)16(20)26(14)2)24-9-12(17(22)27)7-11-3-5-13(21)6-4-11;/h3-6,8,12H,7,9-10H2,1-2H3,(H2,22,27)(H2,23,24,25);1H. The number of guanidine groups is 1. The molecule has 0 fully saturated rings. The van der Waals surface area contributed by atoms with E-state index in [9.17, 15) is 9.18 Å². The molecular formula is C18H23Cl2FIN5O. The Hall–Kier alpha value is -1.52. The molecule has 1 aromatic carbocycles. The van der Waals surface area contributed by atoms with Gasteiger partial charge < -0.3 is 20.9 Å². The van der Waals surface area contributed by atoms with Crippen LogP contribution in [0.2, 0.25) is 10.2 Å². The quantitative estimate of drug-likeness (QED) is 0.286. The Morgan fingerprint density at radius 1 is 1.29 bits per heavy atom. The summed E-state index contributed by atoms with van der Waals surface area (Å²) in [4.78, 5) is 15.9. The fourth-order valence-corrected chi connectivity index (χ4v) is 2.97. The van der Waals surface area contributed by atoms with E-state index in [0.717, 1.165) is 11.3 Å². The van der Waals surface area contributed by atoms with Gasteiger partial charge in [0.2, 0.25) is 5.91 Å². The monoisotopic (exact) mass is 541 g/mol. The second kappa shape index (κ2) is 11.5. The van der Waals surface area contributed by atoms with Crippen LogP contribution in [0.1, 0.15) is 11.3 Å². The van der Waals surface area contributed by atoms with E-state index in [1.165, 1.54) is 12.1 Å². The largest absolute Gasteiger partial charge is 0.369 e. The lowest BCUT2D eigenvalue weighted by molar-refractivity contribution is -0.121. The van der Waals surface area contributed by atoms with E-state index in [-0.39, 0.29) is 29.8 Å². The summed E-state index contributed by atoms with van der Waals surface area (Å²) in [5.74, 6) is -0.719. The van der Waals surface area contributed by atoms with Crippen LogP contribution < -0.4 is 16.4 Å². The molecule has 0 aliphatic carbocycles. The first-order chi connectivity index (χ1) is 12.8. The van der Waals surface area contributed by atoms with Crippen LogP contribution in [-0.2, 0) is 24.8 Å². The molecule has 10 heteroatoms. The lowest BCUT2D eigenvalue weighted by Crippen LogP contribution is -2.43. The minimum absolute atomic E-state index is 0. The van der Waals surface area contributed by atoms with Gasteiger partial charge in [0.15, 0.2) is 5.96 Å². The third-order valence-electron chi connectivity index (χ3n) is 4.19. The lowest BCUT2D eigenvalue weighted by atomic mass is 9.98. The van der Waals surface area contributed by atoms with Crippen LogP contribution in [0.4, 0.5) is 4.39 Å². The van der Waals surface area contributed by atoms with Crippen LogP contribution in [0, 0.1) is 11.7 Å². The van der Waals surface area contributed by atoms with E-state index < -0.39 is 11.8 Å².